The summed E-state index contributed by atoms with van der Waals surface area (Å²) in [4.78, 5) is 36.7. The van der Waals surface area contributed by atoms with E-state index in [0.29, 0.717) is 23.9 Å². The van der Waals surface area contributed by atoms with Gasteiger partial charge in [0.05, 0.1) is 34.4 Å². The molecule has 0 radical (unpaired) electrons. The molecule has 1 N–H and O–H groups in total. The minimum atomic E-state index is -1.51. The molecule has 2 unspecified atom stereocenters. The zero-order valence-electron chi connectivity index (χ0n) is 30.0. The van der Waals surface area contributed by atoms with Gasteiger partial charge in [-0.25, -0.2) is 4.79 Å². The fourth-order valence-electron chi connectivity index (χ4n) is 4.52. The van der Waals surface area contributed by atoms with Crippen molar-refractivity contribution in [1.82, 2.24) is 0 Å². The van der Waals surface area contributed by atoms with Crippen molar-refractivity contribution in [3.8, 4) is 0 Å². The van der Waals surface area contributed by atoms with Crippen molar-refractivity contribution >= 4 is 17.9 Å². The van der Waals surface area contributed by atoms with Crippen LogP contribution in [-0.4, -0.2) is 87.4 Å². The number of ether oxygens (including phenoxy) is 4. The number of rotatable bonds is 32. The van der Waals surface area contributed by atoms with Crippen molar-refractivity contribution in [3.63, 3.8) is 0 Å². The molecule has 0 spiro atoms. The largest absolute Gasteiger partial charge is 0.477 e. The third-order valence-corrected chi connectivity index (χ3v) is 7.41. The third kappa shape index (κ3) is 30.4. The summed E-state index contributed by atoms with van der Waals surface area (Å²) in [5.74, 6) is -2.04. The molecule has 0 aromatic heterocycles. The summed E-state index contributed by atoms with van der Waals surface area (Å²) >= 11 is 0. The lowest BCUT2D eigenvalue weighted by Gasteiger charge is -2.25. The molecule has 46 heavy (non-hydrogen) atoms. The van der Waals surface area contributed by atoms with Crippen LogP contribution in [0.3, 0.4) is 0 Å². The Morgan fingerprint density at radius 3 is 1.70 bits per heavy atom. The molecule has 0 amide bonds. The minimum Gasteiger partial charge on any atom is -0.477 e. The van der Waals surface area contributed by atoms with Crippen molar-refractivity contribution in [2.75, 3.05) is 47.5 Å². The van der Waals surface area contributed by atoms with E-state index in [1.54, 1.807) is 0 Å². The number of nitrogens with zero attached hydrogens (tertiary/aromatic N) is 1. The van der Waals surface area contributed by atoms with E-state index >= 15 is 0 Å². The van der Waals surface area contributed by atoms with Gasteiger partial charge in [-0.2, -0.15) is 0 Å². The lowest BCUT2D eigenvalue weighted by molar-refractivity contribution is -0.870. The average molecular weight is 655 g/mol. The maximum Gasteiger partial charge on any atom is 0.361 e. The Kier molecular flexibility index (Phi) is 28.7. The molecule has 0 heterocycles. The van der Waals surface area contributed by atoms with Gasteiger partial charge in [-0.15, -0.1) is 0 Å². The van der Waals surface area contributed by atoms with E-state index in [4.69, 9.17) is 18.9 Å². The Bertz CT molecular complexity index is 821. The monoisotopic (exact) mass is 654 g/mol. The number of allylic oxidation sites excluding steroid dienone is 4. The number of hydrogen-bond donors (Lipinski definition) is 1. The predicted octanol–water partition coefficient (Wildman–Crippen LogP) is 8.16. The van der Waals surface area contributed by atoms with Gasteiger partial charge in [0.2, 0.25) is 0 Å². The van der Waals surface area contributed by atoms with E-state index in [2.05, 4.69) is 38.2 Å². The lowest BCUT2D eigenvalue weighted by atomic mass is 10.1. The van der Waals surface area contributed by atoms with Crippen LogP contribution in [0.25, 0.3) is 0 Å². The fraction of sp³-hybridized carbons (Fsp3) is 0.811. The average Bonchev–Trinajstić information content (AvgIpc) is 3.00. The van der Waals surface area contributed by atoms with Crippen LogP contribution in [0.2, 0.25) is 0 Å². The van der Waals surface area contributed by atoms with Crippen LogP contribution in [0.5, 0.6) is 0 Å². The quantitative estimate of drug-likeness (QED) is 0.0255. The molecule has 0 saturated carbocycles. The summed E-state index contributed by atoms with van der Waals surface area (Å²) in [5.41, 5.74) is 0. The molecule has 268 valence electrons. The minimum absolute atomic E-state index is 0.185. The fourth-order valence-corrected chi connectivity index (χ4v) is 4.52. The zero-order valence-corrected chi connectivity index (χ0v) is 30.0. The van der Waals surface area contributed by atoms with Crippen molar-refractivity contribution in [3.05, 3.63) is 24.3 Å². The van der Waals surface area contributed by atoms with Gasteiger partial charge < -0.3 is 28.5 Å². The van der Waals surface area contributed by atoms with Crippen LogP contribution in [0, 0.1) is 0 Å². The Balaban J connectivity index is 4.61. The Labute approximate surface area is 280 Å². The molecule has 0 aromatic carbocycles. The number of esters is 2. The van der Waals surface area contributed by atoms with E-state index in [1.165, 1.54) is 19.3 Å². The number of quaternary nitrogens is 1. The van der Waals surface area contributed by atoms with E-state index in [0.717, 1.165) is 83.5 Å². The predicted molar refractivity (Wildman–Crippen MR) is 184 cm³/mol. The van der Waals surface area contributed by atoms with Crippen molar-refractivity contribution in [2.24, 2.45) is 0 Å². The first kappa shape index (κ1) is 43.8. The standard InChI is InChI=1S/C37H67NO8/c1-6-8-10-12-14-16-18-20-22-24-26-28-35(40)46-33(32-45-37(36(41)42)43-30-29-38(3,4)5)31-44-34(39)27-25-23-21-19-17-15-13-11-9-7-2/h11-14,33,37H,6-10,15-32H2,1-5H3/p+1/b13-11-,14-12-. The van der Waals surface area contributed by atoms with Crippen LogP contribution in [0.1, 0.15) is 136 Å². The van der Waals surface area contributed by atoms with Gasteiger partial charge in [-0.1, -0.05) is 95.9 Å². The highest BCUT2D eigenvalue weighted by atomic mass is 16.7. The zero-order chi connectivity index (χ0) is 34.3. The van der Waals surface area contributed by atoms with Gasteiger partial charge in [0.15, 0.2) is 6.10 Å². The number of carboxylic acid groups (broad SMARTS) is 1. The normalized spacial score (nSPS) is 13.3. The van der Waals surface area contributed by atoms with Crippen LogP contribution < -0.4 is 0 Å². The number of aliphatic carboxylic acids is 1. The molecule has 0 rings (SSSR count). The van der Waals surface area contributed by atoms with Crippen LogP contribution in [0.15, 0.2) is 24.3 Å². The van der Waals surface area contributed by atoms with Crippen molar-refractivity contribution < 1.29 is 42.9 Å². The second kappa shape index (κ2) is 30.1. The molecule has 0 bridgehead atoms. The van der Waals surface area contributed by atoms with Gasteiger partial charge in [0, 0.05) is 12.8 Å². The first-order valence-corrected chi connectivity index (χ1v) is 18.0. The van der Waals surface area contributed by atoms with Gasteiger partial charge in [0.25, 0.3) is 6.29 Å². The highest BCUT2D eigenvalue weighted by Crippen LogP contribution is 2.12. The van der Waals surface area contributed by atoms with Crippen LogP contribution in [-0.2, 0) is 33.3 Å². The topological polar surface area (TPSA) is 108 Å². The molecule has 2 atom stereocenters. The lowest BCUT2D eigenvalue weighted by Crippen LogP contribution is -2.40. The van der Waals surface area contributed by atoms with Crippen molar-refractivity contribution in [2.45, 2.75) is 148 Å². The van der Waals surface area contributed by atoms with Gasteiger partial charge in [0.1, 0.15) is 13.2 Å². The molecule has 0 saturated heterocycles. The molecule has 0 aliphatic heterocycles. The number of hydrogen-bond acceptors (Lipinski definition) is 7. The number of carboxylic acids is 1. The van der Waals surface area contributed by atoms with E-state index in [-0.39, 0.29) is 32.2 Å². The second-order valence-electron chi connectivity index (χ2n) is 13.2. The molecular weight excluding hydrogens is 586 g/mol. The molecule has 0 aliphatic carbocycles. The Morgan fingerprint density at radius 2 is 1.15 bits per heavy atom. The summed E-state index contributed by atoms with van der Waals surface area (Å²) in [7, 11) is 5.93. The molecule has 0 fully saturated rings. The van der Waals surface area contributed by atoms with E-state index in [1.807, 2.05) is 21.1 Å². The SMILES string of the molecule is CCC/C=C\CCCCCCCC(=O)OCC(COC(OCC[N+](C)(C)C)C(=O)O)OC(=O)CCCCCCC/C=C\CCCC. The summed E-state index contributed by atoms with van der Waals surface area (Å²) in [6.07, 6.45) is 25.3. The highest BCUT2D eigenvalue weighted by Gasteiger charge is 2.25. The second-order valence-corrected chi connectivity index (χ2v) is 13.2. The maximum absolute atomic E-state index is 12.6. The number of likely N-dealkylation sites (N-methyl/N-ethyl adjacent to an activating group) is 1. The van der Waals surface area contributed by atoms with Crippen LogP contribution >= 0.6 is 0 Å². The van der Waals surface area contributed by atoms with E-state index in [9.17, 15) is 19.5 Å². The van der Waals surface area contributed by atoms with Gasteiger partial charge >= 0.3 is 17.9 Å². The molecule has 0 aliphatic rings. The Hall–Kier alpha value is -2.23. The van der Waals surface area contributed by atoms with Gasteiger partial charge in [-0.3, -0.25) is 9.59 Å². The molecular formula is C37H68NO8+. The van der Waals surface area contributed by atoms with E-state index < -0.39 is 24.3 Å². The van der Waals surface area contributed by atoms with Crippen LogP contribution in [0.4, 0.5) is 0 Å². The highest BCUT2D eigenvalue weighted by molar-refractivity contribution is 5.71. The van der Waals surface area contributed by atoms with Crippen molar-refractivity contribution in [1.29, 1.82) is 0 Å². The molecule has 0 aromatic rings. The maximum atomic E-state index is 12.6. The third-order valence-electron chi connectivity index (χ3n) is 7.41. The summed E-state index contributed by atoms with van der Waals surface area (Å²) in [6.45, 7) is 4.71. The first-order chi connectivity index (χ1) is 22.1. The Morgan fingerprint density at radius 1 is 0.630 bits per heavy atom. The number of carbonyl (C=O) groups is 3. The number of unbranched alkanes of at least 4 members (excludes halogenated alkanes) is 13. The van der Waals surface area contributed by atoms with Gasteiger partial charge in [-0.05, 0) is 51.4 Å². The number of carbonyl (C=O) groups excluding carboxylic acids is 2. The summed E-state index contributed by atoms with van der Waals surface area (Å²) in [6, 6.07) is 0. The molecule has 9 heteroatoms. The summed E-state index contributed by atoms with van der Waals surface area (Å²) < 4.78 is 22.5. The first-order valence-electron chi connectivity index (χ1n) is 18.0. The molecule has 9 nitrogen and oxygen atoms in total. The summed E-state index contributed by atoms with van der Waals surface area (Å²) in [5, 5.41) is 9.55. The smallest absolute Gasteiger partial charge is 0.361 e.